The van der Waals surface area contributed by atoms with Crippen molar-refractivity contribution < 1.29 is 14.3 Å². The van der Waals surface area contributed by atoms with Crippen molar-refractivity contribution in [3.05, 3.63) is 66.3 Å². The number of likely N-dealkylation sites (tertiary alicyclic amines) is 1. The smallest absolute Gasteiger partial charge is 0.410 e. The number of amidine groups is 1. The highest BCUT2D eigenvalue weighted by atomic mass is 32.2. The Hall–Kier alpha value is -3.28. The van der Waals surface area contributed by atoms with Gasteiger partial charge in [0.05, 0.1) is 16.3 Å². The van der Waals surface area contributed by atoms with E-state index in [4.69, 9.17) is 19.5 Å². The van der Waals surface area contributed by atoms with Crippen molar-refractivity contribution in [1.82, 2.24) is 14.9 Å². The number of carbonyl (C=O) groups is 1. The van der Waals surface area contributed by atoms with Crippen molar-refractivity contribution in [2.75, 3.05) is 24.2 Å². The van der Waals surface area contributed by atoms with Crippen LogP contribution in [0.4, 0.5) is 10.6 Å². The van der Waals surface area contributed by atoms with Gasteiger partial charge in [0.15, 0.2) is 16.7 Å². The van der Waals surface area contributed by atoms with Crippen molar-refractivity contribution in [3.8, 4) is 11.5 Å². The van der Waals surface area contributed by atoms with Crippen molar-refractivity contribution in [2.45, 2.75) is 48.6 Å². The zero-order chi connectivity index (χ0) is 28.4. The number of para-hydroxylation sites is 1. The van der Waals surface area contributed by atoms with Gasteiger partial charge in [0.25, 0.3) is 0 Å². The number of amides is 1. The van der Waals surface area contributed by atoms with E-state index in [1.165, 1.54) is 0 Å². The quantitative estimate of drug-likeness (QED) is 0.238. The van der Waals surface area contributed by atoms with Crippen LogP contribution in [0.25, 0.3) is 10.2 Å². The summed E-state index contributed by atoms with van der Waals surface area (Å²) in [6.45, 7) is 7.04. The Morgan fingerprint density at radius 3 is 2.83 bits per heavy atom. The Balaban J connectivity index is 1.18. The van der Waals surface area contributed by atoms with Crippen LogP contribution in [0, 0.1) is 5.92 Å². The van der Waals surface area contributed by atoms with Gasteiger partial charge < -0.3 is 19.7 Å². The van der Waals surface area contributed by atoms with Crippen LogP contribution in [-0.2, 0) is 4.74 Å². The number of pyridine rings is 2. The SMILES string of the molecule is CC(C)(C)OC(=O)N1CCC(C2CSC(Nc3ncc(Sc4ccnc5ccsc45)cc3Oc3ccccc3)=N2)C1. The lowest BCUT2D eigenvalue weighted by molar-refractivity contribution is 0.0287. The first-order chi connectivity index (χ1) is 19.8. The van der Waals surface area contributed by atoms with E-state index in [1.807, 2.05) is 81.7 Å². The van der Waals surface area contributed by atoms with Gasteiger partial charge in [0, 0.05) is 53.0 Å². The fourth-order valence-electron chi connectivity index (χ4n) is 4.72. The third-order valence-corrected chi connectivity index (χ3v) is 9.73. The Labute approximate surface area is 252 Å². The zero-order valence-corrected chi connectivity index (χ0v) is 25.5. The summed E-state index contributed by atoms with van der Waals surface area (Å²) >= 11 is 5.00. The minimum atomic E-state index is -0.497. The number of anilines is 1. The number of ether oxygens (including phenoxy) is 2. The molecule has 2 aliphatic heterocycles. The van der Waals surface area contributed by atoms with Gasteiger partial charge in [-0.2, -0.15) is 0 Å². The first-order valence-corrected chi connectivity index (χ1v) is 16.2. The fourth-order valence-corrected chi connectivity index (χ4v) is 7.65. The average molecular weight is 606 g/mol. The van der Waals surface area contributed by atoms with Crippen molar-refractivity contribution in [3.63, 3.8) is 0 Å². The second-order valence-corrected chi connectivity index (χ2v) is 13.9. The first-order valence-electron chi connectivity index (χ1n) is 13.5. The highest BCUT2D eigenvalue weighted by Crippen LogP contribution is 2.39. The lowest BCUT2D eigenvalue weighted by Gasteiger charge is -2.24. The van der Waals surface area contributed by atoms with E-state index in [1.54, 1.807) is 39.8 Å². The number of thioether (sulfide) groups is 1. The third kappa shape index (κ3) is 6.79. The van der Waals surface area contributed by atoms with E-state index in [0.717, 1.165) is 43.1 Å². The molecule has 2 aliphatic rings. The highest BCUT2D eigenvalue weighted by molar-refractivity contribution is 8.14. The van der Waals surface area contributed by atoms with Gasteiger partial charge in [-0.05, 0) is 56.8 Å². The molecule has 1 saturated heterocycles. The van der Waals surface area contributed by atoms with E-state index >= 15 is 0 Å². The second-order valence-electron chi connectivity index (χ2n) is 10.9. The summed E-state index contributed by atoms with van der Waals surface area (Å²) in [6, 6.07) is 15.9. The van der Waals surface area contributed by atoms with Gasteiger partial charge >= 0.3 is 6.09 Å². The molecule has 0 saturated carbocycles. The topological polar surface area (TPSA) is 88.9 Å². The monoisotopic (exact) mass is 605 g/mol. The molecule has 4 aromatic rings. The molecular weight excluding hydrogens is 575 g/mol. The molecule has 3 aromatic heterocycles. The number of hydrogen-bond acceptors (Lipinski definition) is 10. The fraction of sp³-hybridized carbons (Fsp3) is 0.333. The molecule has 6 rings (SSSR count). The summed E-state index contributed by atoms with van der Waals surface area (Å²) in [5.74, 6) is 3.13. The molecule has 0 radical (unpaired) electrons. The Kier molecular flexibility index (Phi) is 8.10. The predicted octanol–water partition coefficient (Wildman–Crippen LogP) is 7.78. The molecule has 2 unspecified atom stereocenters. The van der Waals surface area contributed by atoms with Crippen LogP contribution in [-0.4, -0.2) is 56.6 Å². The molecule has 5 heterocycles. The maximum absolute atomic E-state index is 12.5. The molecule has 1 amide bonds. The van der Waals surface area contributed by atoms with E-state index < -0.39 is 5.60 Å². The zero-order valence-electron chi connectivity index (χ0n) is 23.1. The van der Waals surface area contributed by atoms with Crippen molar-refractivity contribution in [1.29, 1.82) is 0 Å². The van der Waals surface area contributed by atoms with Gasteiger partial charge in [0.2, 0.25) is 0 Å². The van der Waals surface area contributed by atoms with Crippen LogP contribution in [0.1, 0.15) is 27.2 Å². The molecule has 1 N–H and O–H groups in total. The van der Waals surface area contributed by atoms with Crippen LogP contribution >= 0.6 is 34.9 Å². The number of thiophene rings is 1. The molecule has 0 aliphatic carbocycles. The highest BCUT2D eigenvalue weighted by Gasteiger charge is 2.36. The number of aromatic nitrogens is 2. The van der Waals surface area contributed by atoms with E-state index in [9.17, 15) is 4.79 Å². The van der Waals surface area contributed by atoms with E-state index in [0.29, 0.717) is 30.6 Å². The molecule has 0 spiro atoms. The minimum Gasteiger partial charge on any atom is -0.453 e. The molecule has 212 valence electrons. The summed E-state index contributed by atoms with van der Waals surface area (Å²) in [5, 5.41) is 6.29. The van der Waals surface area contributed by atoms with Gasteiger partial charge in [-0.15, -0.1) is 11.3 Å². The summed E-state index contributed by atoms with van der Waals surface area (Å²) in [6.07, 6.45) is 4.37. The van der Waals surface area contributed by atoms with Crippen molar-refractivity contribution in [2.24, 2.45) is 10.9 Å². The summed E-state index contributed by atoms with van der Waals surface area (Å²) in [7, 11) is 0. The average Bonchev–Trinajstić information content (AvgIpc) is 3.71. The van der Waals surface area contributed by atoms with Crippen molar-refractivity contribution >= 4 is 62.2 Å². The minimum absolute atomic E-state index is 0.128. The van der Waals surface area contributed by atoms with Crippen LogP contribution in [0.3, 0.4) is 0 Å². The lowest BCUT2D eigenvalue weighted by atomic mass is 10.0. The largest absolute Gasteiger partial charge is 0.453 e. The lowest BCUT2D eigenvalue weighted by Crippen LogP contribution is -2.36. The Bertz CT molecular complexity index is 1570. The normalized spacial score (nSPS) is 18.9. The Morgan fingerprint density at radius 2 is 2.00 bits per heavy atom. The second kappa shape index (κ2) is 11.9. The standard InChI is InChI=1S/C30H31N5O3S3/c1-30(2,3)38-29(36)35-13-10-19(17-35)23-18-40-28(33-23)34-27-24(37-20-7-5-4-6-8-20)15-21(16-32-27)41-25-9-12-31-22-11-14-39-26(22)25/h4-9,11-12,14-16,19,23H,10,13,17-18H2,1-3H3,(H,32,33,34). The van der Waals surface area contributed by atoms with Crippen LogP contribution in [0.5, 0.6) is 11.5 Å². The number of benzene rings is 1. The van der Waals surface area contributed by atoms with E-state index in [-0.39, 0.29) is 12.1 Å². The van der Waals surface area contributed by atoms with Gasteiger partial charge in [-0.3, -0.25) is 9.98 Å². The summed E-state index contributed by atoms with van der Waals surface area (Å²) in [4.78, 5) is 30.6. The maximum atomic E-state index is 12.5. The van der Waals surface area contributed by atoms with Gasteiger partial charge in [-0.25, -0.2) is 9.78 Å². The maximum Gasteiger partial charge on any atom is 0.410 e. The number of rotatable bonds is 6. The molecule has 11 heteroatoms. The molecule has 2 atom stereocenters. The third-order valence-electron chi connectivity index (χ3n) is 6.65. The molecule has 8 nitrogen and oxygen atoms in total. The molecule has 0 bridgehead atoms. The first kappa shape index (κ1) is 27.9. The van der Waals surface area contributed by atoms with Crippen LogP contribution < -0.4 is 10.1 Å². The predicted molar refractivity (Wildman–Crippen MR) is 168 cm³/mol. The molecule has 41 heavy (non-hydrogen) atoms. The van der Waals surface area contributed by atoms with Gasteiger partial charge in [0.1, 0.15) is 11.4 Å². The molecule has 1 aromatic carbocycles. The summed E-state index contributed by atoms with van der Waals surface area (Å²) < 4.78 is 13.0. The van der Waals surface area contributed by atoms with Crippen LogP contribution in [0.15, 0.2) is 81.1 Å². The summed E-state index contributed by atoms with van der Waals surface area (Å²) in [5.41, 5.74) is 0.497. The van der Waals surface area contributed by atoms with Crippen LogP contribution in [0.2, 0.25) is 0 Å². The Morgan fingerprint density at radius 1 is 1.15 bits per heavy atom. The van der Waals surface area contributed by atoms with Gasteiger partial charge in [-0.1, -0.05) is 41.7 Å². The number of nitrogens with one attached hydrogen (secondary N) is 1. The number of aliphatic imine (C=N–C) groups is 1. The number of carbonyl (C=O) groups excluding carboxylic acids is 1. The van der Waals surface area contributed by atoms with E-state index in [2.05, 4.69) is 15.7 Å². The number of nitrogens with zero attached hydrogens (tertiary/aromatic N) is 4. The molecule has 1 fully saturated rings. The number of hydrogen-bond donors (Lipinski definition) is 1. The molecular formula is C30H31N5O3S3. The number of fused-ring (bicyclic) bond motifs is 1.